The molecule has 35 heavy (non-hydrogen) atoms. The fraction of sp³-hybridized carbons (Fsp3) is 0.160. The first-order chi connectivity index (χ1) is 16.8. The number of hydroxylamine groups is 1. The summed E-state index contributed by atoms with van der Waals surface area (Å²) in [7, 11) is 0.122. The Hall–Kier alpha value is -3.70. The van der Waals surface area contributed by atoms with Crippen LogP contribution in [0.2, 0.25) is 0 Å². The first-order valence-corrected chi connectivity index (χ1v) is 12.1. The van der Waals surface area contributed by atoms with Gasteiger partial charge in [-0.1, -0.05) is 40.9 Å². The molecule has 182 valence electrons. The van der Waals surface area contributed by atoms with Crippen LogP contribution in [0.1, 0.15) is 21.5 Å². The molecule has 0 spiro atoms. The van der Waals surface area contributed by atoms with Crippen molar-refractivity contribution in [2.24, 2.45) is 0 Å². The van der Waals surface area contributed by atoms with Gasteiger partial charge in [-0.15, -0.1) is 0 Å². The molecule has 0 fully saturated rings. The Labute approximate surface area is 203 Å². The van der Waals surface area contributed by atoms with Crippen molar-refractivity contribution in [2.75, 3.05) is 31.9 Å². The van der Waals surface area contributed by atoms with Crippen molar-refractivity contribution in [3.8, 4) is 0 Å². The zero-order valence-electron chi connectivity index (χ0n) is 19.3. The number of methoxy groups -OCH3 is 1. The van der Waals surface area contributed by atoms with E-state index in [9.17, 15) is 18.3 Å². The molecule has 0 saturated heterocycles. The molecule has 3 aromatic rings. The number of carbonyl (C=O) groups is 1. The van der Waals surface area contributed by atoms with Gasteiger partial charge in [0.2, 0.25) is 0 Å². The molecule has 3 aromatic carbocycles. The third-order valence-electron chi connectivity index (χ3n) is 5.65. The summed E-state index contributed by atoms with van der Waals surface area (Å²) in [6, 6.07) is 20.7. The number of hydrogen-bond acceptors (Lipinski definition) is 8. The Morgan fingerprint density at radius 2 is 1.69 bits per heavy atom. The first kappa shape index (κ1) is 24.4. The summed E-state index contributed by atoms with van der Waals surface area (Å²) >= 11 is 0. The second kappa shape index (κ2) is 9.88. The van der Waals surface area contributed by atoms with Crippen LogP contribution in [0.25, 0.3) is 11.3 Å². The van der Waals surface area contributed by atoms with E-state index in [0.717, 1.165) is 15.6 Å². The predicted molar refractivity (Wildman–Crippen MR) is 133 cm³/mol. The van der Waals surface area contributed by atoms with Crippen LogP contribution in [0.3, 0.4) is 0 Å². The Bertz CT molecular complexity index is 1370. The summed E-state index contributed by atoms with van der Waals surface area (Å²) in [5.41, 5.74) is 4.30. The molecule has 1 heterocycles. The average Bonchev–Trinajstić information content (AvgIpc) is 3.21. The van der Waals surface area contributed by atoms with E-state index >= 15 is 0 Å². The highest BCUT2D eigenvalue weighted by Gasteiger charge is 2.29. The van der Waals surface area contributed by atoms with Gasteiger partial charge in [-0.3, -0.25) is 4.84 Å². The molecule has 0 aromatic heterocycles. The zero-order chi connectivity index (χ0) is 25.2. The van der Waals surface area contributed by atoms with Gasteiger partial charge in [-0.25, -0.2) is 13.2 Å². The minimum atomic E-state index is -3.78. The van der Waals surface area contributed by atoms with E-state index in [0.29, 0.717) is 28.2 Å². The van der Waals surface area contributed by atoms with E-state index in [4.69, 9.17) is 9.57 Å². The van der Waals surface area contributed by atoms with Crippen molar-refractivity contribution in [3.05, 3.63) is 89.5 Å². The maximum Gasteiger partial charge on any atom is 0.337 e. The molecule has 0 aliphatic carbocycles. The molecule has 1 atom stereocenters. The molecule has 4 rings (SSSR count). The van der Waals surface area contributed by atoms with Crippen molar-refractivity contribution in [2.45, 2.75) is 11.1 Å². The number of ether oxygens (including phenoxy) is 1. The van der Waals surface area contributed by atoms with Crippen molar-refractivity contribution in [1.29, 1.82) is 0 Å². The number of benzene rings is 3. The second-order valence-electron chi connectivity index (χ2n) is 7.70. The van der Waals surface area contributed by atoms with Crippen molar-refractivity contribution in [3.63, 3.8) is 0 Å². The number of aliphatic hydroxyl groups excluding tert-OH is 1. The SMILES string of the molecule is COC(=O)c1ccc2c(c1)NC(O)/C2=C(\Nc1ccc(S(=O)(=O)N(C)OC)cc1)c1ccccc1. The monoisotopic (exact) mass is 495 g/mol. The Morgan fingerprint density at radius 1 is 1.00 bits per heavy atom. The molecular weight excluding hydrogens is 470 g/mol. The maximum atomic E-state index is 12.5. The van der Waals surface area contributed by atoms with Gasteiger partial charge >= 0.3 is 5.97 Å². The fourth-order valence-electron chi connectivity index (χ4n) is 3.78. The van der Waals surface area contributed by atoms with Gasteiger partial charge in [0.1, 0.15) is 0 Å². The van der Waals surface area contributed by atoms with Crippen molar-refractivity contribution >= 4 is 38.6 Å². The minimum absolute atomic E-state index is 0.0737. The molecule has 0 saturated carbocycles. The maximum absolute atomic E-state index is 12.5. The zero-order valence-corrected chi connectivity index (χ0v) is 20.2. The van der Waals surface area contributed by atoms with E-state index in [-0.39, 0.29) is 4.90 Å². The van der Waals surface area contributed by atoms with E-state index in [1.54, 1.807) is 30.3 Å². The van der Waals surface area contributed by atoms with Gasteiger partial charge < -0.3 is 20.5 Å². The Morgan fingerprint density at radius 3 is 2.31 bits per heavy atom. The number of fused-ring (bicyclic) bond motifs is 1. The molecule has 1 aliphatic heterocycles. The van der Waals surface area contributed by atoms with Crippen LogP contribution < -0.4 is 10.6 Å². The van der Waals surface area contributed by atoms with Gasteiger partial charge in [-0.05, 0) is 42.0 Å². The van der Waals surface area contributed by atoms with Gasteiger partial charge in [0.15, 0.2) is 6.23 Å². The summed E-state index contributed by atoms with van der Waals surface area (Å²) in [5, 5.41) is 17.3. The standard InChI is InChI=1S/C25H25N3O6S/c1-28(34-3)35(31,32)19-12-10-18(11-13-19)26-23(16-7-5-4-6-8-16)22-20-14-9-17(25(30)33-2)15-21(20)27-24(22)29/h4-15,24,26-27,29H,1-3H3/b23-22-. The molecule has 3 N–H and O–H groups in total. The van der Waals surface area contributed by atoms with E-state index in [1.807, 2.05) is 30.3 Å². The molecule has 1 aliphatic rings. The van der Waals surface area contributed by atoms with Gasteiger partial charge in [0, 0.05) is 29.6 Å². The topological polar surface area (TPSA) is 117 Å². The molecule has 0 amide bonds. The van der Waals surface area contributed by atoms with Crippen LogP contribution in [0.5, 0.6) is 0 Å². The highest BCUT2D eigenvalue weighted by Crippen LogP contribution is 2.40. The third-order valence-corrected chi connectivity index (χ3v) is 7.34. The smallest absolute Gasteiger partial charge is 0.337 e. The van der Waals surface area contributed by atoms with Crippen molar-refractivity contribution in [1.82, 2.24) is 4.47 Å². The normalized spacial score (nSPS) is 16.4. The number of esters is 1. The molecule has 1 unspecified atom stereocenters. The first-order valence-electron chi connectivity index (χ1n) is 10.6. The van der Waals surface area contributed by atoms with Crippen LogP contribution >= 0.6 is 0 Å². The summed E-state index contributed by atoms with van der Waals surface area (Å²) in [6.45, 7) is 0. The van der Waals surface area contributed by atoms with Crippen LogP contribution in [0.4, 0.5) is 11.4 Å². The highest BCUT2D eigenvalue weighted by atomic mass is 32.2. The highest BCUT2D eigenvalue weighted by molar-refractivity contribution is 7.89. The van der Waals surface area contributed by atoms with Crippen LogP contribution in [0, 0.1) is 0 Å². The van der Waals surface area contributed by atoms with Crippen LogP contribution in [0.15, 0.2) is 77.7 Å². The summed E-state index contributed by atoms with van der Waals surface area (Å²) in [6.07, 6.45) is -1.05. The number of rotatable bonds is 7. The number of carbonyl (C=O) groups excluding carboxylic acids is 1. The minimum Gasteiger partial charge on any atom is -0.465 e. The van der Waals surface area contributed by atoms with E-state index < -0.39 is 22.2 Å². The summed E-state index contributed by atoms with van der Waals surface area (Å²) in [5.74, 6) is -0.475. The number of nitrogens with zero attached hydrogens (tertiary/aromatic N) is 1. The number of hydrogen-bond donors (Lipinski definition) is 3. The van der Waals surface area contributed by atoms with Crippen LogP contribution in [-0.2, 0) is 19.6 Å². The number of aliphatic hydroxyl groups is 1. The second-order valence-corrected chi connectivity index (χ2v) is 9.64. The lowest BCUT2D eigenvalue weighted by Crippen LogP contribution is -2.25. The third kappa shape index (κ3) is 4.77. The Balaban J connectivity index is 1.77. The quantitative estimate of drug-likeness (QED) is 0.337. The summed E-state index contributed by atoms with van der Waals surface area (Å²) in [4.78, 5) is 16.8. The van der Waals surface area contributed by atoms with Crippen LogP contribution in [-0.4, -0.2) is 51.5 Å². The molecule has 0 bridgehead atoms. The number of sulfonamides is 1. The predicted octanol–water partition coefficient (Wildman–Crippen LogP) is 3.38. The number of nitrogens with one attached hydrogen (secondary N) is 2. The van der Waals surface area contributed by atoms with Crippen molar-refractivity contribution < 1.29 is 27.9 Å². The fourth-order valence-corrected chi connectivity index (χ4v) is 4.76. The Kier molecular flexibility index (Phi) is 6.90. The molecular formula is C25H25N3O6S. The lowest BCUT2D eigenvalue weighted by atomic mass is 9.98. The summed E-state index contributed by atoms with van der Waals surface area (Å²) < 4.78 is 30.6. The molecule has 10 heteroatoms. The van der Waals surface area contributed by atoms with Gasteiger partial charge in [0.25, 0.3) is 10.0 Å². The lowest BCUT2D eigenvalue weighted by molar-refractivity contribution is -0.0258. The van der Waals surface area contributed by atoms with Gasteiger partial charge in [0.05, 0.1) is 30.4 Å². The molecule has 9 nitrogen and oxygen atoms in total. The average molecular weight is 496 g/mol. The van der Waals surface area contributed by atoms with E-state index in [2.05, 4.69) is 10.6 Å². The van der Waals surface area contributed by atoms with Gasteiger partial charge in [-0.2, -0.15) is 0 Å². The largest absolute Gasteiger partial charge is 0.465 e. The number of anilines is 2. The molecule has 0 radical (unpaired) electrons. The lowest BCUT2D eigenvalue weighted by Gasteiger charge is -2.18. The van der Waals surface area contributed by atoms with E-state index in [1.165, 1.54) is 33.4 Å².